The number of fused-ring (bicyclic) bond motifs is 1. The van der Waals surface area contributed by atoms with Crippen molar-refractivity contribution in [2.75, 3.05) is 5.32 Å². The second-order valence-corrected chi connectivity index (χ2v) is 7.66. The van der Waals surface area contributed by atoms with Crippen molar-refractivity contribution in [2.45, 2.75) is 13.3 Å². The first-order chi connectivity index (χ1) is 13.5. The first-order valence-electron chi connectivity index (χ1n) is 8.80. The van der Waals surface area contributed by atoms with E-state index in [-0.39, 0.29) is 5.91 Å². The van der Waals surface area contributed by atoms with E-state index in [1.165, 1.54) is 5.56 Å². The number of carbonyl (C=O) groups is 1. The summed E-state index contributed by atoms with van der Waals surface area (Å²) >= 11 is 9.51. The van der Waals surface area contributed by atoms with Gasteiger partial charge in [0.05, 0.1) is 10.6 Å². The van der Waals surface area contributed by atoms with Gasteiger partial charge in [-0.2, -0.15) is 0 Å². The Kier molecular flexibility index (Phi) is 5.20. The lowest BCUT2D eigenvalue weighted by Gasteiger charge is -2.08. The van der Waals surface area contributed by atoms with Crippen LogP contribution in [-0.4, -0.2) is 10.9 Å². The second kappa shape index (κ2) is 7.78. The summed E-state index contributed by atoms with van der Waals surface area (Å²) in [6.45, 7) is 2.10. The normalized spacial score (nSPS) is 11.0. The molecule has 1 heterocycles. The summed E-state index contributed by atoms with van der Waals surface area (Å²) in [7, 11) is 0. The molecular formula is C22H16BrClN2O2. The van der Waals surface area contributed by atoms with Crippen molar-refractivity contribution < 1.29 is 9.21 Å². The molecule has 0 atom stereocenters. The van der Waals surface area contributed by atoms with Crippen molar-refractivity contribution in [2.24, 2.45) is 0 Å². The molecule has 0 fully saturated rings. The summed E-state index contributed by atoms with van der Waals surface area (Å²) in [6.07, 6.45) is 0.942. The molecule has 0 bridgehead atoms. The van der Waals surface area contributed by atoms with Crippen LogP contribution in [0.1, 0.15) is 22.8 Å². The number of aromatic nitrogens is 1. The Morgan fingerprint density at radius 1 is 1.14 bits per heavy atom. The molecule has 0 saturated carbocycles. The molecule has 140 valence electrons. The number of carbonyl (C=O) groups excluding carboxylic acids is 1. The summed E-state index contributed by atoms with van der Waals surface area (Å²) in [5, 5.41) is 3.27. The third-order valence-corrected chi connectivity index (χ3v) is 5.22. The lowest BCUT2D eigenvalue weighted by Crippen LogP contribution is -2.12. The summed E-state index contributed by atoms with van der Waals surface area (Å²) in [5.41, 5.74) is 4.59. The van der Waals surface area contributed by atoms with Crippen molar-refractivity contribution in [3.8, 4) is 11.5 Å². The van der Waals surface area contributed by atoms with E-state index in [2.05, 4.69) is 33.2 Å². The number of benzene rings is 3. The van der Waals surface area contributed by atoms with Gasteiger partial charge in [0.1, 0.15) is 5.52 Å². The van der Waals surface area contributed by atoms with Crippen LogP contribution in [0.3, 0.4) is 0 Å². The summed E-state index contributed by atoms with van der Waals surface area (Å²) in [4.78, 5) is 17.2. The molecular weight excluding hydrogens is 440 g/mol. The summed E-state index contributed by atoms with van der Waals surface area (Å²) in [5.74, 6) is 0.230. The fourth-order valence-corrected chi connectivity index (χ4v) is 3.48. The first kappa shape index (κ1) is 18.7. The molecule has 1 amide bonds. The van der Waals surface area contributed by atoms with Crippen LogP contribution < -0.4 is 5.32 Å². The topological polar surface area (TPSA) is 55.1 Å². The lowest BCUT2D eigenvalue weighted by atomic mass is 10.1. The third kappa shape index (κ3) is 3.81. The Bertz CT molecular complexity index is 1190. The molecule has 0 aliphatic heterocycles. The SMILES string of the molecule is CCc1ccc2oc(-c3cccc(NC(=O)c4cc(Br)ccc4Cl)c3)nc2c1. The molecule has 0 spiro atoms. The Morgan fingerprint density at radius 3 is 2.82 bits per heavy atom. The van der Waals surface area contributed by atoms with Gasteiger partial charge in [-0.05, 0) is 60.5 Å². The third-order valence-electron chi connectivity index (χ3n) is 4.40. The summed E-state index contributed by atoms with van der Waals surface area (Å²) in [6, 6.07) is 18.5. The number of nitrogens with one attached hydrogen (secondary N) is 1. The van der Waals surface area contributed by atoms with Crippen LogP contribution in [0.5, 0.6) is 0 Å². The predicted molar refractivity (Wildman–Crippen MR) is 116 cm³/mol. The molecule has 4 aromatic rings. The number of halogens is 2. The van der Waals surface area contributed by atoms with Crippen molar-refractivity contribution in [3.05, 3.63) is 81.3 Å². The van der Waals surface area contributed by atoms with E-state index >= 15 is 0 Å². The van der Waals surface area contributed by atoms with Gasteiger partial charge in [0, 0.05) is 15.7 Å². The van der Waals surface area contributed by atoms with E-state index in [1.807, 2.05) is 42.5 Å². The average Bonchev–Trinajstić information content (AvgIpc) is 3.13. The Hall–Kier alpha value is -2.63. The molecule has 0 aliphatic rings. The molecule has 28 heavy (non-hydrogen) atoms. The molecule has 1 N–H and O–H groups in total. The van der Waals surface area contributed by atoms with Crippen molar-refractivity contribution in [1.29, 1.82) is 0 Å². The highest BCUT2D eigenvalue weighted by Gasteiger charge is 2.13. The van der Waals surface area contributed by atoms with Crippen LogP contribution in [0, 0.1) is 0 Å². The number of aryl methyl sites for hydroxylation is 1. The van der Waals surface area contributed by atoms with Gasteiger partial charge in [0.2, 0.25) is 5.89 Å². The van der Waals surface area contributed by atoms with Crippen LogP contribution >= 0.6 is 27.5 Å². The van der Waals surface area contributed by atoms with Crippen LogP contribution in [0.2, 0.25) is 5.02 Å². The maximum absolute atomic E-state index is 12.6. The van der Waals surface area contributed by atoms with E-state index in [4.69, 9.17) is 16.0 Å². The fraction of sp³-hybridized carbons (Fsp3) is 0.0909. The van der Waals surface area contributed by atoms with E-state index in [1.54, 1.807) is 18.2 Å². The highest BCUT2D eigenvalue weighted by atomic mass is 79.9. The molecule has 1 aromatic heterocycles. The summed E-state index contributed by atoms with van der Waals surface area (Å²) < 4.78 is 6.67. The molecule has 0 unspecified atom stereocenters. The number of nitrogens with zero attached hydrogens (tertiary/aromatic N) is 1. The highest BCUT2D eigenvalue weighted by molar-refractivity contribution is 9.10. The predicted octanol–water partition coefficient (Wildman–Crippen LogP) is 6.73. The Balaban J connectivity index is 1.63. The Labute approximate surface area is 175 Å². The zero-order chi connectivity index (χ0) is 19.7. The van der Waals surface area contributed by atoms with E-state index in [9.17, 15) is 4.79 Å². The molecule has 0 aliphatic carbocycles. The number of hydrogen-bond donors (Lipinski definition) is 1. The number of amides is 1. The van der Waals surface area contributed by atoms with E-state index in [0.717, 1.165) is 27.6 Å². The van der Waals surface area contributed by atoms with Crippen LogP contribution in [0.25, 0.3) is 22.6 Å². The highest BCUT2D eigenvalue weighted by Crippen LogP contribution is 2.28. The van der Waals surface area contributed by atoms with E-state index in [0.29, 0.717) is 22.2 Å². The van der Waals surface area contributed by atoms with Gasteiger partial charge in [0.15, 0.2) is 5.58 Å². The minimum atomic E-state index is -0.284. The van der Waals surface area contributed by atoms with E-state index < -0.39 is 0 Å². The quantitative estimate of drug-likeness (QED) is 0.371. The zero-order valence-corrected chi connectivity index (χ0v) is 17.3. The van der Waals surface area contributed by atoms with Crippen molar-refractivity contribution in [1.82, 2.24) is 4.98 Å². The fourth-order valence-electron chi connectivity index (χ4n) is 2.92. The minimum Gasteiger partial charge on any atom is -0.436 e. The second-order valence-electron chi connectivity index (χ2n) is 6.33. The largest absolute Gasteiger partial charge is 0.436 e. The van der Waals surface area contributed by atoms with Gasteiger partial charge in [-0.3, -0.25) is 4.79 Å². The van der Waals surface area contributed by atoms with Gasteiger partial charge in [-0.1, -0.05) is 46.6 Å². The first-order valence-corrected chi connectivity index (χ1v) is 9.97. The van der Waals surface area contributed by atoms with Crippen molar-refractivity contribution in [3.63, 3.8) is 0 Å². The molecule has 4 nitrogen and oxygen atoms in total. The number of rotatable bonds is 4. The van der Waals surface area contributed by atoms with Gasteiger partial charge in [0.25, 0.3) is 5.91 Å². The standard InChI is InChI=1S/C22H16BrClN2O2/c1-2-13-6-9-20-19(10-13)26-22(28-20)14-4-3-5-16(11-14)25-21(27)17-12-15(23)7-8-18(17)24/h3-12H,2H2,1H3,(H,25,27). The molecule has 0 saturated heterocycles. The lowest BCUT2D eigenvalue weighted by molar-refractivity contribution is 0.102. The number of oxazole rings is 1. The minimum absolute atomic E-state index is 0.284. The number of hydrogen-bond acceptors (Lipinski definition) is 3. The van der Waals surface area contributed by atoms with Gasteiger partial charge in [-0.25, -0.2) is 4.98 Å². The average molecular weight is 456 g/mol. The zero-order valence-electron chi connectivity index (χ0n) is 15.0. The van der Waals surface area contributed by atoms with Gasteiger partial charge >= 0.3 is 0 Å². The van der Waals surface area contributed by atoms with Gasteiger partial charge in [-0.15, -0.1) is 0 Å². The monoisotopic (exact) mass is 454 g/mol. The smallest absolute Gasteiger partial charge is 0.257 e. The maximum atomic E-state index is 12.6. The van der Waals surface area contributed by atoms with Crippen LogP contribution in [-0.2, 0) is 6.42 Å². The van der Waals surface area contributed by atoms with Gasteiger partial charge < -0.3 is 9.73 Å². The number of anilines is 1. The van der Waals surface area contributed by atoms with Crippen LogP contribution in [0.15, 0.2) is 69.6 Å². The van der Waals surface area contributed by atoms with Crippen LogP contribution in [0.4, 0.5) is 5.69 Å². The Morgan fingerprint density at radius 2 is 2.00 bits per heavy atom. The maximum Gasteiger partial charge on any atom is 0.257 e. The molecule has 3 aromatic carbocycles. The molecule has 4 rings (SSSR count). The van der Waals surface area contributed by atoms with Crippen molar-refractivity contribution >= 4 is 50.2 Å². The molecule has 0 radical (unpaired) electrons. The molecule has 6 heteroatoms.